The van der Waals surface area contributed by atoms with Crippen molar-refractivity contribution in [3.63, 3.8) is 0 Å². The van der Waals surface area contributed by atoms with E-state index in [1.807, 2.05) is 0 Å². The zero-order valence-electron chi connectivity index (χ0n) is 8.53. The van der Waals surface area contributed by atoms with Crippen LogP contribution in [0.25, 0.3) is 0 Å². The van der Waals surface area contributed by atoms with Crippen LogP contribution in [0.2, 0.25) is 0 Å². The van der Waals surface area contributed by atoms with Gasteiger partial charge in [0.1, 0.15) is 0 Å². The summed E-state index contributed by atoms with van der Waals surface area (Å²) in [6.07, 6.45) is 2.52. The molecule has 0 bridgehead atoms. The van der Waals surface area contributed by atoms with E-state index in [1.165, 1.54) is 6.08 Å². The van der Waals surface area contributed by atoms with Gasteiger partial charge in [0.15, 0.2) is 0 Å². The SMILES string of the molecule is C=CC(=O)OC(C)C.C=CCC(=O)O. The standard InChI is InChI=1S/C6H10O2.C4H6O2/c1-4-6(7)8-5(2)3;1-2-3-4(5)6/h4-5H,1H2,2-3H3;2H,1,3H2,(H,5,6). The number of aliphatic carboxylic acids is 1. The van der Waals surface area contributed by atoms with Crippen molar-refractivity contribution < 1.29 is 19.4 Å². The van der Waals surface area contributed by atoms with Gasteiger partial charge in [-0.2, -0.15) is 0 Å². The fourth-order valence-corrected chi connectivity index (χ4v) is 0.404. The number of carboxylic acid groups (broad SMARTS) is 1. The molecule has 0 saturated carbocycles. The Bertz CT molecular complexity index is 206. The fourth-order valence-electron chi connectivity index (χ4n) is 0.404. The molecule has 0 aliphatic carbocycles. The van der Waals surface area contributed by atoms with Crippen molar-refractivity contribution in [2.24, 2.45) is 0 Å². The summed E-state index contributed by atoms with van der Waals surface area (Å²) in [4.78, 5) is 19.8. The highest BCUT2D eigenvalue weighted by Crippen LogP contribution is 1.87. The van der Waals surface area contributed by atoms with E-state index in [9.17, 15) is 9.59 Å². The predicted octanol–water partition coefficient (Wildman–Crippen LogP) is 1.77. The minimum Gasteiger partial charge on any atom is -0.481 e. The molecule has 0 saturated heterocycles. The number of carbonyl (C=O) groups is 2. The molecule has 0 unspecified atom stereocenters. The Morgan fingerprint density at radius 2 is 1.93 bits per heavy atom. The Morgan fingerprint density at radius 1 is 1.43 bits per heavy atom. The molecule has 0 amide bonds. The number of hydrogen-bond donors (Lipinski definition) is 1. The first-order valence-corrected chi connectivity index (χ1v) is 4.09. The van der Waals surface area contributed by atoms with Crippen molar-refractivity contribution in [3.05, 3.63) is 25.3 Å². The first-order chi connectivity index (χ1) is 6.43. The summed E-state index contributed by atoms with van der Waals surface area (Å²) < 4.78 is 4.64. The Labute approximate surface area is 83.9 Å². The highest BCUT2D eigenvalue weighted by molar-refractivity contribution is 5.81. The highest BCUT2D eigenvalue weighted by atomic mass is 16.5. The summed E-state index contributed by atoms with van der Waals surface area (Å²) in [7, 11) is 0. The molecule has 4 heteroatoms. The largest absolute Gasteiger partial charge is 0.481 e. The monoisotopic (exact) mass is 200 g/mol. The predicted molar refractivity (Wildman–Crippen MR) is 53.9 cm³/mol. The van der Waals surface area contributed by atoms with Gasteiger partial charge in [0.25, 0.3) is 0 Å². The molecule has 14 heavy (non-hydrogen) atoms. The number of esters is 1. The molecular formula is C10H16O4. The topological polar surface area (TPSA) is 63.6 Å². The maximum absolute atomic E-state index is 10.3. The van der Waals surface area contributed by atoms with Gasteiger partial charge in [0, 0.05) is 6.08 Å². The van der Waals surface area contributed by atoms with Crippen LogP contribution in [0.15, 0.2) is 25.3 Å². The van der Waals surface area contributed by atoms with Crippen LogP contribution < -0.4 is 0 Å². The van der Waals surface area contributed by atoms with E-state index in [2.05, 4.69) is 17.9 Å². The van der Waals surface area contributed by atoms with Crippen LogP contribution in [0.1, 0.15) is 20.3 Å². The lowest BCUT2D eigenvalue weighted by atomic mass is 10.4. The lowest BCUT2D eigenvalue weighted by molar-refractivity contribution is -0.141. The zero-order valence-corrected chi connectivity index (χ0v) is 8.53. The minimum absolute atomic E-state index is 0.0412. The van der Waals surface area contributed by atoms with Crippen molar-refractivity contribution in [2.45, 2.75) is 26.4 Å². The van der Waals surface area contributed by atoms with Crippen molar-refractivity contribution >= 4 is 11.9 Å². The number of hydrogen-bond acceptors (Lipinski definition) is 3. The molecule has 0 aliphatic heterocycles. The molecule has 0 atom stereocenters. The molecule has 4 nitrogen and oxygen atoms in total. The maximum Gasteiger partial charge on any atom is 0.330 e. The Hall–Kier alpha value is -1.58. The van der Waals surface area contributed by atoms with E-state index < -0.39 is 5.97 Å². The lowest BCUT2D eigenvalue weighted by Gasteiger charge is -2.02. The van der Waals surface area contributed by atoms with Gasteiger partial charge in [-0.25, -0.2) is 4.79 Å². The van der Waals surface area contributed by atoms with E-state index in [-0.39, 0.29) is 18.5 Å². The number of carboxylic acids is 1. The number of carbonyl (C=O) groups excluding carboxylic acids is 1. The molecule has 0 heterocycles. The summed E-state index contributed by atoms with van der Waals surface area (Å²) in [6, 6.07) is 0. The average molecular weight is 200 g/mol. The molecule has 0 radical (unpaired) electrons. The van der Waals surface area contributed by atoms with E-state index in [0.29, 0.717) is 0 Å². The summed E-state index contributed by atoms with van der Waals surface area (Å²) in [6.45, 7) is 10.0. The van der Waals surface area contributed by atoms with Crippen LogP contribution >= 0.6 is 0 Å². The average Bonchev–Trinajstić information content (AvgIpc) is 2.03. The van der Waals surface area contributed by atoms with Gasteiger partial charge in [0.2, 0.25) is 0 Å². The van der Waals surface area contributed by atoms with Crippen molar-refractivity contribution in [1.29, 1.82) is 0 Å². The zero-order chi connectivity index (χ0) is 11.6. The lowest BCUT2D eigenvalue weighted by Crippen LogP contribution is -2.07. The summed E-state index contributed by atoms with van der Waals surface area (Å²) in [5.41, 5.74) is 0. The van der Waals surface area contributed by atoms with Gasteiger partial charge in [-0.05, 0) is 13.8 Å². The van der Waals surface area contributed by atoms with E-state index in [1.54, 1.807) is 13.8 Å². The van der Waals surface area contributed by atoms with Crippen LogP contribution in [0.4, 0.5) is 0 Å². The smallest absolute Gasteiger partial charge is 0.330 e. The normalized spacial score (nSPS) is 8.21. The third-order valence-electron chi connectivity index (χ3n) is 0.837. The molecule has 80 valence electrons. The first kappa shape index (κ1) is 14.9. The number of rotatable bonds is 4. The fraction of sp³-hybridized carbons (Fsp3) is 0.400. The van der Waals surface area contributed by atoms with Gasteiger partial charge in [-0.3, -0.25) is 4.79 Å². The second kappa shape index (κ2) is 9.51. The molecular weight excluding hydrogens is 184 g/mol. The van der Waals surface area contributed by atoms with E-state index in [4.69, 9.17) is 5.11 Å². The summed E-state index contributed by atoms with van der Waals surface area (Å²) in [5, 5.41) is 7.84. The Kier molecular flexibility index (Phi) is 10.1. The van der Waals surface area contributed by atoms with Crippen molar-refractivity contribution in [2.75, 3.05) is 0 Å². The van der Waals surface area contributed by atoms with Crippen LogP contribution in [-0.4, -0.2) is 23.1 Å². The third kappa shape index (κ3) is 16.8. The highest BCUT2D eigenvalue weighted by Gasteiger charge is 1.96. The van der Waals surface area contributed by atoms with Crippen molar-refractivity contribution in [1.82, 2.24) is 0 Å². The van der Waals surface area contributed by atoms with Gasteiger partial charge in [-0.1, -0.05) is 12.7 Å². The Morgan fingerprint density at radius 3 is 2.00 bits per heavy atom. The van der Waals surface area contributed by atoms with Crippen molar-refractivity contribution in [3.8, 4) is 0 Å². The second-order valence-electron chi connectivity index (χ2n) is 2.58. The third-order valence-corrected chi connectivity index (χ3v) is 0.837. The molecule has 0 spiro atoms. The molecule has 0 aromatic rings. The van der Waals surface area contributed by atoms with Crippen LogP contribution in [0, 0.1) is 0 Å². The quantitative estimate of drug-likeness (QED) is 0.426. The first-order valence-electron chi connectivity index (χ1n) is 4.09. The molecule has 1 N–H and O–H groups in total. The Balaban J connectivity index is 0. The van der Waals surface area contributed by atoms with Gasteiger partial charge in [0.05, 0.1) is 12.5 Å². The van der Waals surface area contributed by atoms with E-state index >= 15 is 0 Å². The number of ether oxygens (including phenoxy) is 1. The van der Waals surface area contributed by atoms with Crippen LogP contribution in [0.3, 0.4) is 0 Å². The van der Waals surface area contributed by atoms with Gasteiger partial charge in [-0.15, -0.1) is 6.58 Å². The van der Waals surface area contributed by atoms with Crippen LogP contribution in [-0.2, 0) is 14.3 Å². The second-order valence-corrected chi connectivity index (χ2v) is 2.58. The maximum atomic E-state index is 10.3. The summed E-state index contributed by atoms with van der Waals surface area (Å²) in [5.74, 6) is -1.19. The molecule has 0 aromatic heterocycles. The summed E-state index contributed by atoms with van der Waals surface area (Å²) >= 11 is 0. The minimum atomic E-state index is -0.829. The molecule has 0 aliphatic rings. The molecule has 0 rings (SSSR count). The molecule has 0 fully saturated rings. The van der Waals surface area contributed by atoms with E-state index in [0.717, 1.165) is 6.08 Å². The van der Waals surface area contributed by atoms with Gasteiger partial charge >= 0.3 is 11.9 Å². The molecule has 0 aromatic carbocycles. The van der Waals surface area contributed by atoms with Crippen LogP contribution in [0.5, 0.6) is 0 Å². The van der Waals surface area contributed by atoms with Gasteiger partial charge < -0.3 is 9.84 Å².